The first-order valence-corrected chi connectivity index (χ1v) is 7.96. The second kappa shape index (κ2) is 8.84. The summed E-state index contributed by atoms with van der Waals surface area (Å²) in [6.07, 6.45) is -15.9. The first-order chi connectivity index (χ1) is 12.2. The fourth-order valence-corrected chi connectivity index (χ4v) is 2.74. The molecule has 2 fully saturated rings. The summed E-state index contributed by atoms with van der Waals surface area (Å²) in [7, 11) is 0. The molecule has 26 heavy (non-hydrogen) atoms. The molecule has 0 saturated carbocycles. The van der Waals surface area contributed by atoms with E-state index in [4.69, 9.17) is 19.3 Å². The molecule has 2 aliphatic heterocycles. The molecule has 12 nitrogen and oxygen atoms in total. The van der Waals surface area contributed by atoms with Crippen molar-refractivity contribution in [1.82, 2.24) is 0 Å². The average Bonchev–Trinajstić information content (AvgIpc) is 2.60. The molecule has 2 aliphatic rings. The van der Waals surface area contributed by atoms with Crippen molar-refractivity contribution in [3.63, 3.8) is 0 Å². The molecule has 12 heteroatoms. The van der Waals surface area contributed by atoms with Crippen molar-refractivity contribution in [2.75, 3.05) is 13.2 Å². The number of hydrogen-bond donors (Lipinski definition) is 7. The van der Waals surface area contributed by atoms with Gasteiger partial charge < -0.3 is 54.7 Å². The summed E-state index contributed by atoms with van der Waals surface area (Å²) in [5, 5.41) is 68.7. The highest BCUT2D eigenvalue weighted by Crippen LogP contribution is 2.28. The maximum atomic E-state index is 10.8. The highest BCUT2D eigenvalue weighted by Gasteiger charge is 2.50. The lowest BCUT2D eigenvalue weighted by atomic mass is 9.97. The highest BCUT2D eigenvalue weighted by molar-refractivity contribution is 5.65. The standard InChI is InChI=1S/C14H24O12/c1-4(16)23-3-6-8(18)10(20)12(13(22)24-6)26-14-11(21)9(19)7(17)5(2-15)25-14/h5-15,17-22H,2-3H2,1H3/t5-,6-,7-,8-,9+,10+,11-,12-,13-,14+/m1/s1. The van der Waals surface area contributed by atoms with Gasteiger partial charge in [0.25, 0.3) is 0 Å². The zero-order valence-electron chi connectivity index (χ0n) is 13.9. The van der Waals surface area contributed by atoms with Crippen LogP contribution in [0.3, 0.4) is 0 Å². The van der Waals surface area contributed by atoms with Gasteiger partial charge in [0.2, 0.25) is 0 Å². The Labute approximate surface area is 148 Å². The van der Waals surface area contributed by atoms with Gasteiger partial charge >= 0.3 is 5.97 Å². The molecule has 10 atom stereocenters. The van der Waals surface area contributed by atoms with Crippen LogP contribution in [-0.2, 0) is 23.7 Å². The van der Waals surface area contributed by atoms with Crippen LogP contribution in [0.4, 0.5) is 0 Å². The molecule has 0 radical (unpaired) electrons. The number of carbonyl (C=O) groups is 1. The second-order valence-electron chi connectivity index (χ2n) is 6.15. The average molecular weight is 384 g/mol. The van der Waals surface area contributed by atoms with Gasteiger partial charge in [0.15, 0.2) is 12.6 Å². The smallest absolute Gasteiger partial charge is 0.302 e. The normalized spacial score (nSPS) is 46.8. The van der Waals surface area contributed by atoms with E-state index in [1.807, 2.05) is 0 Å². The maximum absolute atomic E-state index is 10.8. The van der Waals surface area contributed by atoms with Crippen LogP contribution in [0.1, 0.15) is 6.92 Å². The molecular weight excluding hydrogens is 360 g/mol. The van der Waals surface area contributed by atoms with Gasteiger partial charge in [-0.2, -0.15) is 0 Å². The Morgan fingerprint density at radius 1 is 0.885 bits per heavy atom. The van der Waals surface area contributed by atoms with Crippen molar-refractivity contribution >= 4 is 5.97 Å². The molecule has 0 aliphatic carbocycles. The number of hydrogen-bond acceptors (Lipinski definition) is 12. The van der Waals surface area contributed by atoms with E-state index in [0.717, 1.165) is 6.92 Å². The van der Waals surface area contributed by atoms with Gasteiger partial charge in [0.1, 0.15) is 55.4 Å². The molecule has 7 N–H and O–H groups in total. The first-order valence-electron chi connectivity index (χ1n) is 7.96. The van der Waals surface area contributed by atoms with Crippen LogP contribution in [0.25, 0.3) is 0 Å². The van der Waals surface area contributed by atoms with E-state index in [-0.39, 0.29) is 0 Å². The lowest BCUT2D eigenvalue weighted by Gasteiger charge is -2.45. The van der Waals surface area contributed by atoms with Crippen LogP contribution >= 0.6 is 0 Å². The van der Waals surface area contributed by atoms with Crippen molar-refractivity contribution in [3.05, 3.63) is 0 Å². The molecule has 0 aromatic rings. The van der Waals surface area contributed by atoms with Crippen LogP contribution in [0.5, 0.6) is 0 Å². The quantitative estimate of drug-likeness (QED) is 0.224. The Bertz CT molecular complexity index is 473. The molecule has 2 saturated heterocycles. The number of rotatable bonds is 5. The van der Waals surface area contributed by atoms with Crippen LogP contribution in [0, 0.1) is 0 Å². The summed E-state index contributed by atoms with van der Waals surface area (Å²) >= 11 is 0. The third-order valence-electron chi connectivity index (χ3n) is 4.25. The van der Waals surface area contributed by atoms with Crippen molar-refractivity contribution < 1.29 is 59.5 Å². The first kappa shape index (κ1) is 21.4. The van der Waals surface area contributed by atoms with E-state index in [1.54, 1.807) is 0 Å². The number of aliphatic hydroxyl groups excluding tert-OH is 7. The predicted octanol–water partition coefficient (Wildman–Crippen LogP) is -4.83. The zero-order chi connectivity index (χ0) is 19.6. The number of aliphatic hydroxyl groups is 7. The molecule has 0 unspecified atom stereocenters. The Hall–Kier alpha value is -0.930. The van der Waals surface area contributed by atoms with E-state index in [1.165, 1.54) is 0 Å². The number of carbonyl (C=O) groups excluding carboxylic acids is 1. The Morgan fingerprint density at radius 2 is 1.50 bits per heavy atom. The summed E-state index contributed by atoms with van der Waals surface area (Å²) in [6, 6.07) is 0. The summed E-state index contributed by atoms with van der Waals surface area (Å²) in [4.78, 5) is 10.8. The van der Waals surface area contributed by atoms with Crippen LogP contribution in [0.15, 0.2) is 0 Å². The second-order valence-corrected chi connectivity index (χ2v) is 6.15. The molecule has 0 spiro atoms. The van der Waals surface area contributed by atoms with Crippen molar-refractivity contribution in [2.24, 2.45) is 0 Å². The lowest BCUT2D eigenvalue weighted by molar-refractivity contribution is -0.361. The van der Waals surface area contributed by atoms with Gasteiger partial charge in [-0.15, -0.1) is 0 Å². The molecule has 2 rings (SSSR count). The monoisotopic (exact) mass is 384 g/mol. The van der Waals surface area contributed by atoms with Crippen LogP contribution in [0.2, 0.25) is 0 Å². The third kappa shape index (κ3) is 4.48. The number of ether oxygens (including phenoxy) is 4. The minimum absolute atomic E-state index is 0.419. The van der Waals surface area contributed by atoms with E-state index in [0.29, 0.717) is 0 Å². The van der Waals surface area contributed by atoms with Gasteiger partial charge in [-0.3, -0.25) is 4.79 Å². The predicted molar refractivity (Wildman–Crippen MR) is 78.2 cm³/mol. The summed E-state index contributed by atoms with van der Waals surface area (Å²) in [5.41, 5.74) is 0. The van der Waals surface area contributed by atoms with Gasteiger partial charge in [-0.1, -0.05) is 0 Å². The van der Waals surface area contributed by atoms with Gasteiger partial charge in [-0.05, 0) is 0 Å². The van der Waals surface area contributed by atoms with Crippen LogP contribution in [-0.4, -0.2) is 116 Å². The minimum Gasteiger partial charge on any atom is -0.463 e. The molecule has 0 amide bonds. The number of esters is 1. The van der Waals surface area contributed by atoms with E-state index >= 15 is 0 Å². The van der Waals surface area contributed by atoms with Crippen molar-refractivity contribution in [3.8, 4) is 0 Å². The van der Waals surface area contributed by atoms with Gasteiger partial charge in [0, 0.05) is 6.92 Å². The topological polar surface area (TPSA) is 196 Å². The van der Waals surface area contributed by atoms with Crippen molar-refractivity contribution in [1.29, 1.82) is 0 Å². The highest BCUT2D eigenvalue weighted by atomic mass is 16.7. The third-order valence-corrected chi connectivity index (χ3v) is 4.25. The molecule has 0 aromatic heterocycles. The summed E-state index contributed by atoms with van der Waals surface area (Å²) in [5.74, 6) is -0.649. The SMILES string of the molecule is CC(=O)OC[C@H]1O[C@@H](O)[C@H](O[C@@H]2O[C@H](CO)[C@@H](O)[C@H](O)[C@H]2O)[C@@H](O)[C@@H]1O. The summed E-state index contributed by atoms with van der Waals surface area (Å²) < 4.78 is 20.0. The maximum Gasteiger partial charge on any atom is 0.302 e. The zero-order valence-corrected chi connectivity index (χ0v) is 13.9. The molecule has 0 aromatic carbocycles. The Morgan fingerprint density at radius 3 is 2.08 bits per heavy atom. The minimum atomic E-state index is -1.79. The molecular formula is C14H24O12. The van der Waals surface area contributed by atoms with E-state index in [2.05, 4.69) is 4.74 Å². The lowest BCUT2D eigenvalue weighted by Crippen LogP contribution is -2.64. The molecule has 0 bridgehead atoms. The Balaban J connectivity index is 2.03. The molecule has 2 heterocycles. The summed E-state index contributed by atoms with van der Waals surface area (Å²) in [6.45, 7) is 0.0225. The van der Waals surface area contributed by atoms with Gasteiger partial charge in [0.05, 0.1) is 6.61 Å². The Kier molecular flexibility index (Phi) is 7.27. The largest absolute Gasteiger partial charge is 0.463 e. The fraction of sp³-hybridized carbons (Fsp3) is 0.929. The van der Waals surface area contributed by atoms with E-state index < -0.39 is 80.6 Å². The van der Waals surface area contributed by atoms with Crippen molar-refractivity contribution in [2.45, 2.75) is 68.3 Å². The van der Waals surface area contributed by atoms with E-state index in [9.17, 15) is 35.4 Å². The van der Waals surface area contributed by atoms with Gasteiger partial charge in [-0.25, -0.2) is 0 Å². The van der Waals surface area contributed by atoms with Crippen LogP contribution < -0.4 is 0 Å². The molecule has 152 valence electrons. The fourth-order valence-electron chi connectivity index (χ4n) is 2.74.